The Hall–Kier alpha value is -3.91. The number of amides is 2. The van der Waals surface area contributed by atoms with Gasteiger partial charge in [0.15, 0.2) is 0 Å². The Morgan fingerprint density at radius 2 is 1.48 bits per heavy atom. The van der Waals surface area contributed by atoms with Crippen LogP contribution in [0.4, 0.5) is 42.5 Å². The topological polar surface area (TPSA) is 99.6 Å². The van der Waals surface area contributed by atoms with Crippen molar-refractivity contribution < 1.29 is 41.0 Å². The van der Waals surface area contributed by atoms with E-state index in [0.717, 1.165) is 12.1 Å². The number of anilines is 2. The van der Waals surface area contributed by atoms with Gasteiger partial charge in [0.2, 0.25) is 0 Å². The molecular weight excluding hydrogens is 544 g/mol. The van der Waals surface area contributed by atoms with Crippen molar-refractivity contribution in [1.82, 2.24) is 15.1 Å². The maximum Gasteiger partial charge on any atom is 0.430 e. The molecule has 0 saturated carbocycles. The summed E-state index contributed by atoms with van der Waals surface area (Å²) >= 11 is 0. The summed E-state index contributed by atoms with van der Waals surface area (Å²) < 4.78 is 84.5. The number of halogens is 6. The van der Waals surface area contributed by atoms with Gasteiger partial charge in [-0.15, -0.1) is 0 Å². The lowest BCUT2D eigenvalue weighted by Crippen LogP contribution is -2.53. The highest BCUT2D eigenvalue weighted by molar-refractivity contribution is 5.99. The van der Waals surface area contributed by atoms with E-state index in [0.29, 0.717) is 67.3 Å². The van der Waals surface area contributed by atoms with E-state index in [9.17, 15) is 36.2 Å². The van der Waals surface area contributed by atoms with E-state index in [4.69, 9.17) is 4.74 Å². The molecule has 0 atom stereocenters. The molecule has 8 nitrogen and oxygen atoms in total. The molecule has 0 radical (unpaired) electrons. The van der Waals surface area contributed by atoms with Crippen molar-refractivity contribution in [3.05, 3.63) is 78.1 Å². The zero-order valence-electron chi connectivity index (χ0n) is 20.8. The predicted molar refractivity (Wildman–Crippen MR) is 132 cm³/mol. The van der Waals surface area contributed by atoms with Crippen LogP contribution in [0.3, 0.4) is 0 Å². The van der Waals surface area contributed by atoms with Crippen LogP contribution < -0.4 is 15.4 Å². The normalized spacial score (nSPS) is 15.5. The number of hydrogen-bond acceptors (Lipinski definition) is 6. The molecule has 0 aliphatic carbocycles. The lowest BCUT2D eigenvalue weighted by atomic mass is 9.91. The zero-order valence-corrected chi connectivity index (χ0v) is 20.8. The van der Waals surface area contributed by atoms with Crippen LogP contribution in [-0.2, 0) is 12.1 Å². The fourth-order valence-corrected chi connectivity index (χ4v) is 4.25. The first-order valence-electron chi connectivity index (χ1n) is 12.1. The van der Waals surface area contributed by atoms with Gasteiger partial charge in [0, 0.05) is 30.9 Å². The molecule has 14 heteroatoms. The lowest BCUT2D eigenvalue weighted by Gasteiger charge is -2.33. The highest BCUT2D eigenvalue weighted by Crippen LogP contribution is 2.50. The first-order valence-corrected chi connectivity index (χ1v) is 12.1. The van der Waals surface area contributed by atoms with Gasteiger partial charge in [0.1, 0.15) is 11.9 Å². The largest absolute Gasteiger partial charge is 0.490 e. The van der Waals surface area contributed by atoms with Crippen LogP contribution in [0.2, 0.25) is 0 Å². The van der Waals surface area contributed by atoms with Crippen molar-refractivity contribution in [2.75, 3.05) is 23.7 Å². The number of alkyl halides is 6. The molecule has 0 bridgehead atoms. The third-order valence-electron chi connectivity index (χ3n) is 6.39. The standard InChI is InChI=1S/C26H25F6N5O3/c27-25(28,29)24(39,26(30,31)32)18-3-1-17(2-4-18)16-37-13-10-22(11-14-37)40-21-7-5-19(6-8-21)35-23(38)36-20-9-12-33-34-15-20/h1-9,12,15,22,39H,10-11,13-14,16H2,(H2,33,35,36,38). The molecule has 3 N–H and O–H groups in total. The molecule has 0 spiro atoms. The van der Waals surface area contributed by atoms with Crippen molar-refractivity contribution >= 4 is 17.4 Å². The summed E-state index contributed by atoms with van der Waals surface area (Å²) in [5.74, 6) is 0.611. The van der Waals surface area contributed by atoms with Crippen LogP contribution in [0.1, 0.15) is 24.0 Å². The fraction of sp³-hybridized carbons (Fsp3) is 0.346. The number of aromatic nitrogens is 2. The molecule has 1 aliphatic heterocycles. The maximum absolute atomic E-state index is 13.1. The SMILES string of the molecule is O=C(Nc1ccc(OC2CCN(Cc3ccc(C(O)(C(F)(F)F)C(F)(F)F)cc3)CC2)cc1)Nc1ccnnc1. The van der Waals surface area contributed by atoms with Crippen LogP contribution in [0.15, 0.2) is 67.0 Å². The Bertz CT molecular complexity index is 1250. The number of nitrogens with one attached hydrogen (secondary N) is 2. The van der Waals surface area contributed by atoms with Gasteiger partial charge in [-0.1, -0.05) is 24.3 Å². The molecule has 40 heavy (non-hydrogen) atoms. The molecule has 1 saturated heterocycles. The second-order valence-corrected chi connectivity index (χ2v) is 9.23. The number of carbonyl (C=O) groups excluding carboxylic acids is 1. The highest BCUT2D eigenvalue weighted by atomic mass is 19.4. The van der Waals surface area contributed by atoms with Gasteiger partial charge in [0.25, 0.3) is 5.60 Å². The van der Waals surface area contributed by atoms with Crippen molar-refractivity contribution in [3.8, 4) is 5.75 Å². The van der Waals surface area contributed by atoms with E-state index in [1.54, 1.807) is 30.3 Å². The Balaban J connectivity index is 1.25. The second kappa shape index (κ2) is 11.7. The van der Waals surface area contributed by atoms with Crippen LogP contribution >= 0.6 is 0 Å². The summed E-state index contributed by atoms with van der Waals surface area (Å²) in [6.45, 7) is 1.53. The molecule has 1 aromatic heterocycles. The average Bonchev–Trinajstić information content (AvgIpc) is 2.90. The lowest BCUT2D eigenvalue weighted by molar-refractivity contribution is -0.376. The van der Waals surface area contributed by atoms with Gasteiger partial charge in [-0.3, -0.25) is 4.90 Å². The molecular formula is C26H25F6N5O3. The van der Waals surface area contributed by atoms with Crippen molar-refractivity contribution in [2.24, 2.45) is 0 Å². The number of nitrogens with zero attached hydrogens (tertiary/aromatic N) is 3. The first kappa shape index (κ1) is 29.1. The number of ether oxygens (including phenoxy) is 1. The van der Waals surface area contributed by atoms with E-state index in [2.05, 4.69) is 20.8 Å². The highest BCUT2D eigenvalue weighted by Gasteiger charge is 2.71. The van der Waals surface area contributed by atoms with Gasteiger partial charge in [-0.2, -0.15) is 36.5 Å². The number of piperidine rings is 1. The van der Waals surface area contributed by atoms with Crippen LogP contribution in [0, 0.1) is 0 Å². The number of hydrogen-bond donors (Lipinski definition) is 3. The smallest absolute Gasteiger partial charge is 0.430 e. The van der Waals surface area contributed by atoms with Gasteiger partial charge < -0.3 is 20.5 Å². The molecule has 2 heterocycles. The van der Waals surface area contributed by atoms with Crippen molar-refractivity contribution in [1.29, 1.82) is 0 Å². The second-order valence-electron chi connectivity index (χ2n) is 9.23. The number of likely N-dealkylation sites (tertiary alicyclic amines) is 1. The quantitative estimate of drug-likeness (QED) is 0.326. The van der Waals surface area contributed by atoms with E-state index in [-0.39, 0.29) is 6.10 Å². The van der Waals surface area contributed by atoms with Crippen molar-refractivity contribution in [3.63, 3.8) is 0 Å². The van der Waals surface area contributed by atoms with Gasteiger partial charge in [-0.25, -0.2) is 4.79 Å². The molecule has 3 aromatic rings. The number of rotatable bonds is 7. The molecule has 1 aliphatic rings. The van der Waals surface area contributed by atoms with E-state index in [1.807, 2.05) is 4.90 Å². The molecule has 4 rings (SSSR count). The Kier molecular flexibility index (Phi) is 8.49. The summed E-state index contributed by atoms with van der Waals surface area (Å²) in [6.07, 6.45) is -7.75. The fourth-order valence-electron chi connectivity index (χ4n) is 4.25. The van der Waals surface area contributed by atoms with Crippen LogP contribution in [0.5, 0.6) is 5.75 Å². The van der Waals surface area contributed by atoms with E-state index < -0.39 is 29.5 Å². The number of aliphatic hydroxyl groups is 1. The molecule has 2 aromatic carbocycles. The number of carbonyl (C=O) groups is 1. The molecule has 0 unspecified atom stereocenters. The summed E-state index contributed by atoms with van der Waals surface area (Å²) in [6, 6.07) is 11.6. The third kappa shape index (κ3) is 6.80. The maximum atomic E-state index is 13.1. The molecule has 1 fully saturated rings. The van der Waals surface area contributed by atoms with E-state index >= 15 is 0 Å². The Morgan fingerprint density at radius 1 is 0.875 bits per heavy atom. The Morgan fingerprint density at radius 3 is 2.02 bits per heavy atom. The first-order chi connectivity index (χ1) is 18.8. The zero-order chi connectivity index (χ0) is 29.0. The number of urea groups is 1. The summed E-state index contributed by atoms with van der Waals surface area (Å²) in [4.78, 5) is 14.1. The Labute approximate surface area is 225 Å². The number of benzene rings is 2. The molecule has 2 amide bonds. The van der Waals surface area contributed by atoms with Crippen LogP contribution in [-0.4, -0.2) is 57.8 Å². The molecule has 214 valence electrons. The van der Waals surface area contributed by atoms with Gasteiger partial charge in [-0.05, 0) is 48.7 Å². The predicted octanol–water partition coefficient (Wildman–Crippen LogP) is 5.48. The van der Waals surface area contributed by atoms with E-state index in [1.165, 1.54) is 12.4 Å². The minimum absolute atomic E-state index is 0.0894. The minimum atomic E-state index is -5.92. The summed E-state index contributed by atoms with van der Waals surface area (Å²) in [7, 11) is 0. The van der Waals surface area contributed by atoms with Gasteiger partial charge >= 0.3 is 18.4 Å². The van der Waals surface area contributed by atoms with Crippen molar-refractivity contribution in [2.45, 2.75) is 43.4 Å². The van der Waals surface area contributed by atoms with Crippen LogP contribution in [0.25, 0.3) is 0 Å². The summed E-state index contributed by atoms with van der Waals surface area (Å²) in [5.41, 5.74) is -4.66. The minimum Gasteiger partial charge on any atom is -0.490 e. The summed E-state index contributed by atoms with van der Waals surface area (Å²) in [5, 5.41) is 22.1. The van der Waals surface area contributed by atoms with Gasteiger partial charge in [0.05, 0.1) is 18.1 Å². The third-order valence-corrected chi connectivity index (χ3v) is 6.39. The monoisotopic (exact) mass is 569 g/mol. The average molecular weight is 570 g/mol.